The summed E-state index contributed by atoms with van der Waals surface area (Å²) in [4.78, 5) is 14.4. The molecule has 2 aliphatic heterocycles. The summed E-state index contributed by atoms with van der Waals surface area (Å²) in [6.45, 7) is 2.86. The Labute approximate surface area is 122 Å². The first kappa shape index (κ1) is 13.2. The standard InChI is InChI=1S/C14H16Cl2N2O/c15-11-2-1-9(5-12(11)16)6-14(19)18-4-3-10-7-17-8-13(10)18/h1-2,5,10,13,17H,3-4,6-8H2/t10-,13+/m0/s1. The topological polar surface area (TPSA) is 32.3 Å². The molecule has 2 atom stereocenters. The van der Waals surface area contributed by atoms with Crippen LogP contribution in [-0.4, -0.2) is 36.5 Å². The predicted octanol–water partition coefficient (Wildman–Crippen LogP) is 2.36. The van der Waals surface area contributed by atoms with Crippen LogP contribution in [0.4, 0.5) is 0 Å². The number of rotatable bonds is 2. The molecule has 3 nitrogen and oxygen atoms in total. The Morgan fingerprint density at radius 1 is 1.32 bits per heavy atom. The monoisotopic (exact) mass is 298 g/mol. The fraction of sp³-hybridized carbons (Fsp3) is 0.500. The Balaban J connectivity index is 1.69. The third-order valence-electron chi connectivity index (χ3n) is 4.10. The average molecular weight is 299 g/mol. The molecule has 19 heavy (non-hydrogen) atoms. The number of fused-ring (bicyclic) bond motifs is 1. The Morgan fingerprint density at radius 2 is 2.16 bits per heavy atom. The highest BCUT2D eigenvalue weighted by Crippen LogP contribution is 2.28. The van der Waals surface area contributed by atoms with Gasteiger partial charge in [-0.05, 0) is 30.0 Å². The van der Waals surface area contributed by atoms with Crippen molar-refractivity contribution in [1.29, 1.82) is 0 Å². The molecule has 102 valence electrons. The van der Waals surface area contributed by atoms with E-state index in [1.165, 1.54) is 0 Å². The lowest BCUT2D eigenvalue weighted by Crippen LogP contribution is -2.39. The van der Waals surface area contributed by atoms with E-state index >= 15 is 0 Å². The van der Waals surface area contributed by atoms with E-state index in [0.717, 1.165) is 31.6 Å². The largest absolute Gasteiger partial charge is 0.338 e. The van der Waals surface area contributed by atoms with Gasteiger partial charge in [-0.2, -0.15) is 0 Å². The molecular formula is C14H16Cl2N2O. The molecule has 1 aromatic carbocycles. The molecule has 2 aliphatic rings. The number of hydrogen-bond donors (Lipinski definition) is 1. The molecule has 2 heterocycles. The van der Waals surface area contributed by atoms with Crippen molar-refractivity contribution >= 4 is 29.1 Å². The van der Waals surface area contributed by atoms with Crippen molar-refractivity contribution in [2.45, 2.75) is 18.9 Å². The van der Waals surface area contributed by atoms with Crippen LogP contribution < -0.4 is 5.32 Å². The number of nitrogens with zero attached hydrogens (tertiary/aromatic N) is 1. The van der Waals surface area contributed by atoms with Gasteiger partial charge < -0.3 is 10.2 Å². The SMILES string of the molecule is O=C(Cc1ccc(Cl)c(Cl)c1)N1CC[C@H]2CNC[C@H]21. The molecule has 5 heteroatoms. The fourth-order valence-corrected chi connectivity index (χ4v) is 3.41. The summed E-state index contributed by atoms with van der Waals surface area (Å²) in [5.74, 6) is 0.826. The van der Waals surface area contributed by atoms with Gasteiger partial charge in [0, 0.05) is 25.7 Å². The maximum absolute atomic E-state index is 12.4. The smallest absolute Gasteiger partial charge is 0.227 e. The minimum absolute atomic E-state index is 0.189. The van der Waals surface area contributed by atoms with Crippen molar-refractivity contribution in [2.24, 2.45) is 5.92 Å². The van der Waals surface area contributed by atoms with Crippen LogP contribution in [0, 0.1) is 5.92 Å². The van der Waals surface area contributed by atoms with Crippen LogP contribution in [0.2, 0.25) is 10.0 Å². The van der Waals surface area contributed by atoms with Gasteiger partial charge >= 0.3 is 0 Å². The van der Waals surface area contributed by atoms with Crippen molar-refractivity contribution in [3.8, 4) is 0 Å². The van der Waals surface area contributed by atoms with Crippen molar-refractivity contribution in [2.75, 3.05) is 19.6 Å². The van der Waals surface area contributed by atoms with E-state index in [1.54, 1.807) is 12.1 Å². The van der Waals surface area contributed by atoms with Crippen molar-refractivity contribution in [3.05, 3.63) is 33.8 Å². The van der Waals surface area contributed by atoms with Gasteiger partial charge in [0.1, 0.15) is 0 Å². The molecule has 2 saturated heterocycles. The zero-order valence-corrected chi connectivity index (χ0v) is 12.0. The highest BCUT2D eigenvalue weighted by molar-refractivity contribution is 6.42. The lowest BCUT2D eigenvalue weighted by atomic mass is 10.0. The Morgan fingerprint density at radius 3 is 2.95 bits per heavy atom. The number of carbonyl (C=O) groups is 1. The minimum Gasteiger partial charge on any atom is -0.338 e. The number of hydrogen-bond acceptors (Lipinski definition) is 2. The fourth-order valence-electron chi connectivity index (χ4n) is 3.08. The van der Waals surface area contributed by atoms with Gasteiger partial charge in [0.25, 0.3) is 0 Å². The van der Waals surface area contributed by atoms with Gasteiger partial charge in [0.15, 0.2) is 0 Å². The number of amides is 1. The maximum Gasteiger partial charge on any atom is 0.227 e. The van der Waals surface area contributed by atoms with E-state index in [0.29, 0.717) is 28.4 Å². The van der Waals surface area contributed by atoms with E-state index in [1.807, 2.05) is 11.0 Å². The maximum atomic E-state index is 12.4. The Kier molecular flexibility index (Phi) is 3.70. The molecule has 2 fully saturated rings. The first-order chi connectivity index (χ1) is 9.15. The molecular weight excluding hydrogens is 283 g/mol. The molecule has 1 aromatic rings. The minimum atomic E-state index is 0.189. The van der Waals surface area contributed by atoms with Gasteiger partial charge in [-0.25, -0.2) is 0 Å². The van der Waals surface area contributed by atoms with Crippen molar-refractivity contribution < 1.29 is 4.79 Å². The molecule has 0 radical (unpaired) electrons. The normalized spacial score (nSPS) is 25.7. The van der Waals surface area contributed by atoms with Crippen molar-refractivity contribution in [1.82, 2.24) is 10.2 Å². The summed E-state index contributed by atoms with van der Waals surface area (Å²) < 4.78 is 0. The molecule has 1 amide bonds. The molecule has 1 N–H and O–H groups in total. The van der Waals surface area contributed by atoms with Crippen LogP contribution in [0.3, 0.4) is 0 Å². The summed E-state index contributed by atoms with van der Waals surface area (Å²) in [5, 5.41) is 4.39. The summed E-state index contributed by atoms with van der Waals surface area (Å²) in [6, 6.07) is 5.78. The highest BCUT2D eigenvalue weighted by atomic mass is 35.5. The van der Waals surface area contributed by atoms with Gasteiger partial charge in [-0.1, -0.05) is 29.3 Å². The molecule has 0 unspecified atom stereocenters. The summed E-state index contributed by atoms with van der Waals surface area (Å²) >= 11 is 11.9. The number of halogens is 2. The molecule has 0 aliphatic carbocycles. The lowest BCUT2D eigenvalue weighted by molar-refractivity contribution is -0.131. The van der Waals surface area contributed by atoms with E-state index in [4.69, 9.17) is 23.2 Å². The number of nitrogens with one attached hydrogen (secondary N) is 1. The van der Waals surface area contributed by atoms with Crippen LogP contribution in [0.15, 0.2) is 18.2 Å². The Bertz CT molecular complexity index is 506. The van der Waals surface area contributed by atoms with Crippen LogP contribution >= 0.6 is 23.2 Å². The number of likely N-dealkylation sites (tertiary alicyclic amines) is 1. The van der Waals surface area contributed by atoms with Crippen LogP contribution in [0.25, 0.3) is 0 Å². The quantitative estimate of drug-likeness (QED) is 0.909. The van der Waals surface area contributed by atoms with Gasteiger partial charge in [-0.3, -0.25) is 4.79 Å². The first-order valence-corrected chi connectivity index (χ1v) is 7.35. The van der Waals surface area contributed by atoms with Gasteiger partial charge in [-0.15, -0.1) is 0 Å². The first-order valence-electron chi connectivity index (χ1n) is 6.59. The van der Waals surface area contributed by atoms with Gasteiger partial charge in [0.05, 0.1) is 16.5 Å². The molecule has 0 saturated carbocycles. The second-order valence-corrected chi connectivity index (χ2v) is 6.10. The number of benzene rings is 1. The van der Waals surface area contributed by atoms with Crippen molar-refractivity contribution in [3.63, 3.8) is 0 Å². The van der Waals surface area contributed by atoms with E-state index in [9.17, 15) is 4.79 Å². The zero-order chi connectivity index (χ0) is 13.4. The molecule has 3 rings (SSSR count). The molecule has 0 bridgehead atoms. The summed E-state index contributed by atoms with van der Waals surface area (Å²) in [7, 11) is 0. The van der Waals surface area contributed by atoms with Crippen LogP contribution in [0.5, 0.6) is 0 Å². The molecule has 0 aromatic heterocycles. The van der Waals surface area contributed by atoms with Gasteiger partial charge in [0.2, 0.25) is 5.91 Å². The second-order valence-electron chi connectivity index (χ2n) is 5.29. The molecule has 0 spiro atoms. The zero-order valence-electron chi connectivity index (χ0n) is 10.5. The highest BCUT2D eigenvalue weighted by Gasteiger charge is 2.39. The Hall–Kier alpha value is -0.770. The summed E-state index contributed by atoms with van der Waals surface area (Å²) in [6.07, 6.45) is 1.52. The van der Waals surface area contributed by atoms with E-state index in [2.05, 4.69) is 5.32 Å². The second kappa shape index (κ2) is 5.31. The lowest BCUT2D eigenvalue weighted by Gasteiger charge is -2.23. The third-order valence-corrected chi connectivity index (χ3v) is 4.84. The van der Waals surface area contributed by atoms with Crippen LogP contribution in [-0.2, 0) is 11.2 Å². The van der Waals surface area contributed by atoms with E-state index < -0.39 is 0 Å². The van der Waals surface area contributed by atoms with Crippen LogP contribution in [0.1, 0.15) is 12.0 Å². The summed E-state index contributed by atoms with van der Waals surface area (Å²) in [5.41, 5.74) is 0.925. The van der Waals surface area contributed by atoms with E-state index in [-0.39, 0.29) is 5.91 Å². The number of carbonyl (C=O) groups excluding carboxylic acids is 1. The third kappa shape index (κ3) is 2.60. The average Bonchev–Trinajstić information content (AvgIpc) is 2.95. The predicted molar refractivity (Wildman–Crippen MR) is 76.6 cm³/mol.